The third-order valence-corrected chi connectivity index (χ3v) is 5.47. The number of ether oxygens (including phenoxy) is 1. The van der Waals surface area contributed by atoms with Crippen molar-refractivity contribution in [3.05, 3.63) is 64.3 Å². The van der Waals surface area contributed by atoms with E-state index in [1.54, 1.807) is 17.1 Å². The summed E-state index contributed by atoms with van der Waals surface area (Å²) >= 11 is 0. The molecule has 1 fully saturated rings. The standard InChI is InChI=1S/C20H25N3O2/c24-20-5-9-21-15-23(20)13-16-6-10-22(11-7-16)14-19-18-4-2-1-3-17(18)8-12-25-19/h1-5,9,15-16,19H,6-8,10-14H2. The highest BCUT2D eigenvalue weighted by Gasteiger charge is 2.26. The van der Waals surface area contributed by atoms with Gasteiger partial charge in [-0.1, -0.05) is 24.3 Å². The predicted octanol–water partition coefficient (Wildman–Crippen LogP) is 2.27. The van der Waals surface area contributed by atoms with E-state index in [1.165, 1.54) is 17.2 Å². The Balaban J connectivity index is 1.33. The Kier molecular flexibility index (Phi) is 4.95. The van der Waals surface area contributed by atoms with Crippen molar-refractivity contribution in [3.63, 3.8) is 0 Å². The summed E-state index contributed by atoms with van der Waals surface area (Å²) < 4.78 is 7.79. The van der Waals surface area contributed by atoms with Crippen LogP contribution in [-0.4, -0.2) is 40.7 Å². The molecule has 2 aliphatic rings. The van der Waals surface area contributed by atoms with Crippen LogP contribution in [0.25, 0.3) is 0 Å². The molecule has 1 aromatic heterocycles. The first-order valence-corrected chi connectivity index (χ1v) is 9.22. The summed E-state index contributed by atoms with van der Waals surface area (Å²) in [4.78, 5) is 18.4. The number of benzene rings is 1. The number of hydrogen-bond acceptors (Lipinski definition) is 4. The SMILES string of the molecule is O=c1ccncn1CC1CCN(CC2OCCc3ccccc32)CC1. The minimum Gasteiger partial charge on any atom is -0.372 e. The van der Waals surface area contributed by atoms with Gasteiger partial charge in [0.1, 0.15) is 0 Å². The van der Waals surface area contributed by atoms with Crippen molar-refractivity contribution in [2.45, 2.75) is 31.9 Å². The molecule has 5 heteroatoms. The lowest BCUT2D eigenvalue weighted by Crippen LogP contribution is -2.39. The van der Waals surface area contributed by atoms with Crippen molar-refractivity contribution in [3.8, 4) is 0 Å². The van der Waals surface area contributed by atoms with E-state index in [4.69, 9.17) is 4.74 Å². The largest absolute Gasteiger partial charge is 0.372 e. The second-order valence-corrected chi connectivity index (χ2v) is 7.12. The summed E-state index contributed by atoms with van der Waals surface area (Å²) in [6.45, 7) is 4.71. The summed E-state index contributed by atoms with van der Waals surface area (Å²) in [6, 6.07) is 10.2. The number of piperidine rings is 1. The molecule has 0 amide bonds. The third-order valence-electron chi connectivity index (χ3n) is 5.47. The minimum atomic E-state index is 0.0460. The van der Waals surface area contributed by atoms with Crippen LogP contribution in [0, 0.1) is 5.92 Å². The van der Waals surface area contributed by atoms with Crippen LogP contribution < -0.4 is 5.56 Å². The molecule has 1 unspecified atom stereocenters. The first-order chi connectivity index (χ1) is 12.3. The quantitative estimate of drug-likeness (QED) is 0.857. The highest BCUT2D eigenvalue weighted by Crippen LogP contribution is 2.29. The van der Waals surface area contributed by atoms with Gasteiger partial charge < -0.3 is 9.64 Å². The molecule has 3 heterocycles. The lowest BCUT2D eigenvalue weighted by molar-refractivity contribution is 0.00796. The molecule has 1 aromatic carbocycles. The molecule has 1 saturated heterocycles. The van der Waals surface area contributed by atoms with Crippen LogP contribution in [0.15, 0.2) is 47.7 Å². The van der Waals surface area contributed by atoms with Gasteiger partial charge >= 0.3 is 0 Å². The van der Waals surface area contributed by atoms with E-state index >= 15 is 0 Å². The van der Waals surface area contributed by atoms with Gasteiger partial charge in [-0.3, -0.25) is 9.36 Å². The number of likely N-dealkylation sites (tertiary alicyclic amines) is 1. The summed E-state index contributed by atoms with van der Waals surface area (Å²) in [5.41, 5.74) is 2.84. The van der Waals surface area contributed by atoms with Crippen molar-refractivity contribution in [2.24, 2.45) is 5.92 Å². The Bertz CT molecular complexity index is 765. The zero-order chi connectivity index (χ0) is 17.1. The number of rotatable bonds is 4. The van der Waals surface area contributed by atoms with Crippen molar-refractivity contribution in [1.82, 2.24) is 14.5 Å². The molecule has 2 aliphatic heterocycles. The van der Waals surface area contributed by atoms with E-state index in [0.717, 1.165) is 52.0 Å². The minimum absolute atomic E-state index is 0.0460. The average molecular weight is 339 g/mol. The molecule has 25 heavy (non-hydrogen) atoms. The van der Waals surface area contributed by atoms with E-state index < -0.39 is 0 Å². The van der Waals surface area contributed by atoms with Gasteiger partial charge in [-0.2, -0.15) is 0 Å². The molecule has 0 saturated carbocycles. The van der Waals surface area contributed by atoms with E-state index in [2.05, 4.69) is 34.1 Å². The maximum Gasteiger partial charge on any atom is 0.253 e. The molecule has 2 aromatic rings. The van der Waals surface area contributed by atoms with Crippen LogP contribution in [0.5, 0.6) is 0 Å². The van der Waals surface area contributed by atoms with E-state index in [-0.39, 0.29) is 11.7 Å². The van der Waals surface area contributed by atoms with Gasteiger partial charge in [-0.15, -0.1) is 0 Å². The highest BCUT2D eigenvalue weighted by molar-refractivity contribution is 5.31. The molecule has 0 spiro atoms. The van der Waals surface area contributed by atoms with E-state index in [0.29, 0.717) is 5.92 Å². The summed E-state index contributed by atoms with van der Waals surface area (Å²) in [6.07, 6.45) is 6.67. The zero-order valence-electron chi connectivity index (χ0n) is 14.5. The topological polar surface area (TPSA) is 47.4 Å². The number of nitrogens with zero attached hydrogens (tertiary/aromatic N) is 3. The Morgan fingerprint density at radius 1 is 1.12 bits per heavy atom. The first kappa shape index (κ1) is 16.5. The molecular formula is C20H25N3O2. The summed E-state index contributed by atoms with van der Waals surface area (Å²) in [5.74, 6) is 0.553. The lowest BCUT2D eigenvalue weighted by Gasteiger charge is -2.36. The van der Waals surface area contributed by atoms with Crippen LogP contribution in [0.3, 0.4) is 0 Å². The fourth-order valence-electron chi connectivity index (χ4n) is 4.01. The first-order valence-electron chi connectivity index (χ1n) is 9.22. The van der Waals surface area contributed by atoms with Gasteiger partial charge in [0.05, 0.1) is 19.0 Å². The molecule has 0 aliphatic carbocycles. The summed E-state index contributed by atoms with van der Waals surface area (Å²) in [7, 11) is 0. The van der Waals surface area contributed by atoms with Crippen LogP contribution in [0.4, 0.5) is 0 Å². The number of fused-ring (bicyclic) bond motifs is 1. The third kappa shape index (κ3) is 3.83. The molecule has 0 N–H and O–H groups in total. The van der Waals surface area contributed by atoms with Crippen LogP contribution in [0.2, 0.25) is 0 Å². The van der Waals surface area contributed by atoms with Crippen molar-refractivity contribution in [2.75, 3.05) is 26.2 Å². The maximum absolute atomic E-state index is 11.8. The van der Waals surface area contributed by atoms with Gasteiger partial charge in [-0.25, -0.2) is 4.98 Å². The van der Waals surface area contributed by atoms with E-state index in [1.807, 2.05) is 0 Å². The molecule has 0 bridgehead atoms. The van der Waals surface area contributed by atoms with Gasteiger partial charge in [-0.05, 0) is 49.4 Å². The molecule has 5 nitrogen and oxygen atoms in total. The van der Waals surface area contributed by atoms with Crippen LogP contribution >= 0.6 is 0 Å². The second kappa shape index (κ2) is 7.50. The van der Waals surface area contributed by atoms with Crippen LogP contribution in [0.1, 0.15) is 30.1 Å². The lowest BCUT2D eigenvalue weighted by atomic mass is 9.94. The summed E-state index contributed by atoms with van der Waals surface area (Å²) in [5, 5.41) is 0. The molecule has 4 rings (SSSR count). The van der Waals surface area contributed by atoms with Crippen LogP contribution in [-0.2, 0) is 17.7 Å². The van der Waals surface area contributed by atoms with Gasteiger partial charge in [0, 0.05) is 25.4 Å². The molecule has 0 radical (unpaired) electrons. The molecule has 1 atom stereocenters. The number of aromatic nitrogens is 2. The van der Waals surface area contributed by atoms with Gasteiger partial charge in [0.2, 0.25) is 0 Å². The van der Waals surface area contributed by atoms with Crippen molar-refractivity contribution in [1.29, 1.82) is 0 Å². The number of hydrogen-bond donors (Lipinski definition) is 0. The molecule has 132 valence electrons. The Morgan fingerprint density at radius 2 is 1.96 bits per heavy atom. The highest BCUT2D eigenvalue weighted by atomic mass is 16.5. The fraction of sp³-hybridized carbons (Fsp3) is 0.500. The van der Waals surface area contributed by atoms with Gasteiger partial charge in [0.25, 0.3) is 5.56 Å². The van der Waals surface area contributed by atoms with Crippen molar-refractivity contribution >= 4 is 0 Å². The zero-order valence-corrected chi connectivity index (χ0v) is 14.5. The Hall–Kier alpha value is -1.98. The Morgan fingerprint density at radius 3 is 2.80 bits per heavy atom. The van der Waals surface area contributed by atoms with Gasteiger partial charge in [0.15, 0.2) is 0 Å². The van der Waals surface area contributed by atoms with Crippen molar-refractivity contribution < 1.29 is 4.74 Å². The van der Waals surface area contributed by atoms with E-state index in [9.17, 15) is 4.79 Å². The Labute approximate surface area is 148 Å². The average Bonchev–Trinajstić information content (AvgIpc) is 2.65. The smallest absolute Gasteiger partial charge is 0.253 e. The normalized spacial score (nSPS) is 21.8. The second-order valence-electron chi connectivity index (χ2n) is 7.12. The molecular weight excluding hydrogens is 314 g/mol. The predicted molar refractivity (Wildman–Crippen MR) is 96.5 cm³/mol. The maximum atomic E-state index is 11.8. The monoisotopic (exact) mass is 339 g/mol. The fourth-order valence-corrected chi connectivity index (χ4v) is 4.01.